The van der Waals surface area contributed by atoms with Gasteiger partial charge in [-0.1, -0.05) is 39.7 Å². The molecule has 3 aliphatic rings. The molecule has 23 heavy (non-hydrogen) atoms. The molecule has 1 aliphatic heterocycles. The smallest absolute Gasteiger partial charge is 0.119 e. The van der Waals surface area contributed by atoms with E-state index in [1.165, 1.54) is 38.5 Å². The highest BCUT2D eigenvalue weighted by Gasteiger charge is 2.55. The third-order valence-electron chi connectivity index (χ3n) is 6.91. The predicted molar refractivity (Wildman–Crippen MR) is 95.1 cm³/mol. The number of piperidine rings is 1. The fourth-order valence-electron chi connectivity index (χ4n) is 5.67. The Morgan fingerprint density at radius 2 is 2.04 bits per heavy atom. The average Bonchev–Trinajstić information content (AvgIpc) is 2.53. The molecule has 0 spiro atoms. The molecule has 0 radical (unpaired) electrons. The molecule has 2 nitrogen and oxygen atoms in total. The van der Waals surface area contributed by atoms with Gasteiger partial charge in [0.05, 0.1) is 7.11 Å². The van der Waals surface area contributed by atoms with Crippen molar-refractivity contribution in [2.45, 2.75) is 76.8 Å². The lowest BCUT2D eigenvalue weighted by Gasteiger charge is -2.60. The van der Waals surface area contributed by atoms with E-state index in [1.807, 2.05) is 0 Å². The van der Waals surface area contributed by atoms with Gasteiger partial charge in [-0.25, -0.2) is 0 Å². The van der Waals surface area contributed by atoms with E-state index in [4.69, 9.17) is 4.74 Å². The lowest BCUT2D eigenvalue weighted by molar-refractivity contribution is 0.0236. The molecule has 1 aromatic carbocycles. The first kappa shape index (κ1) is 15.5. The minimum absolute atomic E-state index is 0.323. The molecule has 126 valence electrons. The molecule has 1 saturated carbocycles. The third kappa shape index (κ3) is 2.33. The number of fused-ring (bicyclic) bond motifs is 1. The number of ether oxygens (including phenoxy) is 1. The third-order valence-corrected chi connectivity index (χ3v) is 6.91. The van der Waals surface area contributed by atoms with Crippen LogP contribution in [0.25, 0.3) is 0 Å². The summed E-state index contributed by atoms with van der Waals surface area (Å²) in [6.45, 7) is 7.19. The van der Waals surface area contributed by atoms with Gasteiger partial charge in [0, 0.05) is 17.5 Å². The van der Waals surface area contributed by atoms with Crippen LogP contribution in [-0.2, 0) is 11.8 Å². The van der Waals surface area contributed by atoms with E-state index < -0.39 is 0 Å². The summed E-state index contributed by atoms with van der Waals surface area (Å²) in [6, 6.07) is 8.12. The topological polar surface area (TPSA) is 21.3 Å². The molecule has 2 bridgehead atoms. The summed E-state index contributed by atoms with van der Waals surface area (Å²) in [5.74, 6) is 1.85. The van der Waals surface area contributed by atoms with Gasteiger partial charge in [0.1, 0.15) is 5.75 Å². The Kier molecular flexibility index (Phi) is 3.53. The number of hydrogen-bond acceptors (Lipinski definition) is 2. The Bertz CT molecular complexity index is 602. The molecular weight excluding hydrogens is 282 g/mol. The Morgan fingerprint density at radius 1 is 1.22 bits per heavy atom. The van der Waals surface area contributed by atoms with Crippen LogP contribution < -0.4 is 10.1 Å². The fraction of sp³-hybridized carbons (Fsp3) is 0.714. The zero-order valence-electron chi connectivity index (χ0n) is 15.1. The van der Waals surface area contributed by atoms with E-state index in [0.717, 1.165) is 11.7 Å². The Labute approximate surface area is 141 Å². The van der Waals surface area contributed by atoms with Crippen LogP contribution in [0.1, 0.15) is 64.0 Å². The van der Waals surface area contributed by atoms with Crippen molar-refractivity contribution in [1.82, 2.24) is 5.32 Å². The van der Waals surface area contributed by atoms with Gasteiger partial charge in [-0.3, -0.25) is 0 Å². The minimum atomic E-state index is 0.323. The van der Waals surface area contributed by atoms with Gasteiger partial charge in [0.25, 0.3) is 0 Å². The van der Waals surface area contributed by atoms with Crippen molar-refractivity contribution >= 4 is 0 Å². The van der Waals surface area contributed by atoms with Gasteiger partial charge in [-0.05, 0) is 60.3 Å². The zero-order valence-corrected chi connectivity index (χ0v) is 15.1. The van der Waals surface area contributed by atoms with Crippen LogP contribution in [0, 0.1) is 11.3 Å². The summed E-state index contributed by atoms with van der Waals surface area (Å²) in [6.07, 6.45) is 8.03. The monoisotopic (exact) mass is 313 g/mol. The lowest BCUT2D eigenvalue weighted by atomic mass is 9.50. The second-order valence-corrected chi connectivity index (χ2v) is 9.13. The van der Waals surface area contributed by atoms with Crippen LogP contribution in [0.5, 0.6) is 5.75 Å². The van der Waals surface area contributed by atoms with Gasteiger partial charge in [-0.2, -0.15) is 0 Å². The summed E-state index contributed by atoms with van der Waals surface area (Å²) < 4.78 is 5.57. The van der Waals surface area contributed by atoms with Crippen molar-refractivity contribution in [2.75, 3.05) is 7.11 Å². The van der Waals surface area contributed by atoms with Gasteiger partial charge in [-0.15, -0.1) is 0 Å². The molecule has 1 N–H and O–H groups in total. The molecule has 2 fully saturated rings. The summed E-state index contributed by atoms with van der Waals surface area (Å²) in [5.41, 5.74) is 3.89. The van der Waals surface area contributed by atoms with Crippen LogP contribution in [0.4, 0.5) is 0 Å². The SMILES string of the molecule is COc1ccc2c(c1)[C@@]13CCCC[C@H]1[C@@H](C2)N[C@H](C(C)(C)C)C3. The first-order chi connectivity index (χ1) is 10.9. The molecule has 2 heteroatoms. The van der Waals surface area contributed by atoms with Crippen molar-refractivity contribution < 1.29 is 4.74 Å². The van der Waals surface area contributed by atoms with E-state index >= 15 is 0 Å². The molecular formula is C21H31NO. The Morgan fingerprint density at radius 3 is 2.78 bits per heavy atom. The quantitative estimate of drug-likeness (QED) is 0.826. The highest BCUT2D eigenvalue weighted by atomic mass is 16.5. The van der Waals surface area contributed by atoms with E-state index in [-0.39, 0.29) is 0 Å². The first-order valence-corrected chi connectivity index (χ1v) is 9.37. The maximum absolute atomic E-state index is 5.57. The molecule has 4 atom stereocenters. The van der Waals surface area contributed by atoms with Crippen LogP contribution in [-0.4, -0.2) is 19.2 Å². The summed E-state index contributed by atoms with van der Waals surface area (Å²) in [4.78, 5) is 0. The first-order valence-electron chi connectivity index (χ1n) is 9.37. The highest BCUT2D eigenvalue weighted by Crippen LogP contribution is 2.56. The second-order valence-electron chi connectivity index (χ2n) is 9.13. The van der Waals surface area contributed by atoms with Crippen LogP contribution >= 0.6 is 0 Å². The van der Waals surface area contributed by atoms with Gasteiger partial charge in [0.15, 0.2) is 0 Å². The molecule has 1 heterocycles. The highest BCUT2D eigenvalue weighted by molar-refractivity contribution is 5.46. The van der Waals surface area contributed by atoms with Crippen molar-refractivity contribution in [3.8, 4) is 5.75 Å². The number of nitrogens with one attached hydrogen (secondary N) is 1. The summed E-state index contributed by atoms with van der Waals surface area (Å²) in [5, 5.41) is 4.06. The summed E-state index contributed by atoms with van der Waals surface area (Å²) >= 11 is 0. The fourth-order valence-corrected chi connectivity index (χ4v) is 5.67. The van der Waals surface area contributed by atoms with Crippen molar-refractivity contribution in [3.05, 3.63) is 29.3 Å². The predicted octanol–water partition coefficient (Wildman–Crippen LogP) is 4.46. The molecule has 1 aromatic rings. The van der Waals surface area contributed by atoms with Gasteiger partial charge < -0.3 is 10.1 Å². The Hall–Kier alpha value is -1.02. The zero-order chi connectivity index (χ0) is 16.2. The van der Waals surface area contributed by atoms with Gasteiger partial charge in [0.2, 0.25) is 0 Å². The average molecular weight is 313 g/mol. The van der Waals surface area contributed by atoms with Crippen LogP contribution in [0.3, 0.4) is 0 Å². The van der Waals surface area contributed by atoms with Crippen molar-refractivity contribution in [1.29, 1.82) is 0 Å². The summed E-state index contributed by atoms with van der Waals surface area (Å²) in [7, 11) is 1.80. The lowest BCUT2D eigenvalue weighted by Crippen LogP contribution is -2.65. The van der Waals surface area contributed by atoms with E-state index in [0.29, 0.717) is 22.9 Å². The van der Waals surface area contributed by atoms with E-state index in [2.05, 4.69) is 44.3 Å². The number of methoxy groups -OCH3 is 1. The second kappa shape index (κ2) is 5.24. The largest absolute Gasteiger partial charge is 0.497 e. The maximum Gasteiger partial charge on any atom is 0.119 e. The van der Waals surface area contributed by atoms with Gasteiger partial charge >= 0.3 is 0 Å². The van der Waals surface area contributed by atoms with Crippen LogP contribution in [0.2, 0.25) is 0 Å². The number of benzene rings is 1. The molecule has 4 rings (SSSR count). The Balaban J connectivity index is 1.84. The molecule has 0 amide bonds. The van der Waals surface area contributed by atoms with E-state index in [1.54, 1.807) is 18.2 Å². The van der Waals surface area contributed by atoms with Crippen molar-refractivity contribution in [3.63, 3.8) is 0 Å². The van der Waals surface area contributed by atoms with Crippen LogP contribution in [0.15, 0.2) is 18.2 Å². The number of hydrogen-bond donors (Lipinski definition) is 1. The molecule has 0 aromatic heterocycles. The molecule has 2 aliphatic carbocycles. The van der Waals surface area contributed by atoms with Crippen molar-refractivity contribution in [2.24, 2.45) is 11.3 Å². The number of rotatable bonds is 1. The standard InChI is InChI=1S/C21H31NO/c1-20(2,3)19-13-21-10-6-5-7-16(21)18(22-19)11-14-8-9-15(23-4)12-17(14)21/h8-9,12,16,18-19,22H,5-7,10-11,13H2,1-4H3/t16-,18+,19-,21+/m0/s1. The minimum Gasteiger partial charge on any atom is -0.497 e. The molecule has 0 unspecified atom stereocenters. The maximum atomic E-state index is 5.57. The van der Waals surface area contributed by atoms with E-state index in [9.17, 15) is 0 Å². The molecule has 1 saturated heterocycles. The normalized spacial score (nSPS) is 36.1.